The number of carbonyl (C=O) groups excluding carboxylic acids is 1. The van der Waals surface area contributed by atoms with Gasteiger partial charge in [-0.2, -0.15) is 13.5 Å². The molecule has 2 amide bonds. The van der Waals surface area contributed by atoms with E-state index >= 15 is 0 Å². The monoisotopic (exact) mass is 397 g/mol. The smallest absolute Gasteiger partial charge is 0.307 e. The van der Waals surface area contributed by atoms with E-state index in [0.29, 0.717) is 6.54 Å². The van der Waals surface area contributed by atoms with Crippen LogP contribution >= 0.6 is 0 Å². The largest absolute Gasteiger partial charge is 0.333 e. The summed E-state index contributed by atoms with van der Waals surface area (Å²) in [6.45, 7) is 2.42. The number of carbonyl (C=O) groups is 1. The van der Waals surface area contributed by atoms with Crippen molar-refractivity contribution in [3.63, 3.8) is 0 Å². The molecule has 0 unspecified atom stereocenters. The van der Waals surface area contributed by atoms with Gasteiger partial charge in [-0.1, -0.05) is 6.07 Å². The first-order chi connectivity index (χ1) is 12.5. The summed E-state index contributed by atoms with van der Waals surface area (Å²) in [4.78, 5) is 12.4. The Morgan fingerprint density at radius 2 is 1.78 bits per heavy atom. The van der Waals surface area contributed by atoms with E-state index in [1.54, 1.807) is 6.20 Å². The number of aryl methyl sites for hydroxylation is 3. The van der Waals surface area contributed by atoms with Crippen molar-refractivity contribution in [3.05, 3.63) is 40.6 Å². The number of sulfonamides is 1. The molecule has 1 aromatic carbocycles. The molecule has 27 heavy (non-hydrogen) atoms. The van der Waals surface area contributed by atoms with Crippen LogP contribution in [0.3, 0.4) is 0 Å². The molecule has 2 N–H and O–H groups in total. The van der Waals surface area contributed by atoms with Crippen LogP contribution in [0.25, 0.3) is 0 Å². The van der Waals surface area contributed by atoms with Crippen molar-refractivity contribution in [2.75, 3.05) is 5.32 Å². The van der Waals surface area contributed by atoms with Crippen molar-refractivity contribution < 1.29 is 13.2 Å². The number of nitrogens with zero attached hydrogens (tertiary/aromatic N) is 2. The van der Waals surface area contributed by atoms with Crippen molar-refractivity contribution in [2.45, 2.75) is 57.0 Å². The molecule has 0 saturated carbocycles. The molecule has 0 fully saturated rings. The molecule has 1 radical (unpaired) electrons. The second-order valence-electron chi connectivity index (χ2n) is 6.80. The number of nitrogens with one attached hydrogen (secondary N) is 2. The standard InChI is InChI=1S/C18H22N4O3S.Na/c1-2-22-10-9-16(20-22)26(24,25)21-18(23)19-17-14-7-3-5-12(14)11-13-6-4-8-15(13)17;/h9-11H,2-8H2,1H3,(H2,19,21,23);. The Morgan fingerprint density at radius 3 is 2.33 bits per heavy atom. The van der Waals surface area contributed by atoms with Crippen molar-refractivity contribution in [1.82, 2.24) is 14.5 Å². The number of benzene rings is 1. The van der Waals surface area contributed by atoms with Gasteiger partial charge in [0.1, 0.15) is 0 Å². The zero-order chi connectivity index (χ0) is 18.3. The van der Waals surface area contributed by atoms with Crippen LogP contribution in [0.5, 0.6) is 0 Å². The third-order valence-corrected chi connectivity index (χ3v) is 6.38. The first-order valence-corrected chi connectivity index (χ1v) is 10.5. The number of hydrogen-bond acceptors (Lipinski definition) is 4. The van der Waals surface area contributed by atoms with Crippen LogP contribution in [0, 0.1) is 0 Å². The minimum absolute atomic E-state index is 0. The number of amides is 2. The fourth-order valence-corrected chi connectivity index (χ4v) is 4.80. The Kier molecular flexibility index (Phi) is 6.00. The number of urea groups is 1. The van der Waals surface area contributed by atoms with Crippen molar-refractivity contribution in [1.29, 1.82) is 0 Å². The molecular weight excluding hydrogens is 375 g/mol. The minimum atomic E-state index is -3.99. The Morgan fingerprint density at radius 1 is 1.15 bits per heavy atom. The summed E-state index contributed by atoms with van der Waals surface area (Å²) < 4.78 is 28.4. The van der Waals surface area contributed by atoms with Gasteiger partial charge in [0, 0.05) is 48.0 Å². The summed E-state index contributed by atoms with van der Waals surface area (Å²) in [5, 5.41) is 6.63. The van der Waals surface area contributed by atoms with Gasteiger partial charge in [0.05, 0.1) is 0 Å². The van der Waals surface area contributed by atoms with Gasteiger partial charge in [-0.05, 0) is 73.8 Å². The maximum atomic E-state index is 12.4. The van der Waals surface area contributed by atoms with E-state index < -0.39 is 16.1 Å². The molecule has 0 bridgehead atoms. The van der Waals surface area contributed by atoms with Crippen LogP contribution in [-0.2, 0) is 42.3 Å². The van der Waals surface area contributed by atoms with Crippen LogP contribution in [0.2, 0.25) is 0 Å². The summed E-state index contributed by atoms with van der Waals surface area (Å²) in [5.41, 5.74) is 5.71. The molecule has 0 spiro atoms. The van der Waals surface area contributed by atoms with Gasteiger partial charge in [0.15, 0.2) is 5.03 Å². The van der Waals surface area contributed by atoms with Gasteiger partial charge < -0.3 is 5.32 Å². The summed E-state index contributed by atoms with van der Waals surface area (Å²) in [7, 11) is -3.99. The first kappa shape index (κ1) is 20.4. The van der Waals surface area contributed by atoms with E-state index in [0.717, 1.165) is 55.3 Å². The van der Waals surface area contributed by atoms with Gasteiger partial charge in [0.2, 0.25) is 0 Å². The van der Waals surface area contributed by atoms with E-state index in [1.165, 1.54) is 21.9 Å². The molecule has 0 saturated heterocycles. The van der Waals surface area contributed by atoms with E-state index in [9.17, 15) is 13.2 Å². The molecule has 7 nitrogen and oxygen atoms in total. The fraction of sp³-hybridized carbons (Fsp3) is 0.444. The van der Waals surface area contributed by atoms with Gasteiger partial charge in [-0.15, -0.1) is 0 Å². The van der Waals surface area contributed by atoms with Crippen LogP contribution in [0.15, 0.2) is 23.4 Å². The number of rotatable bonds is 4. The average molecular weight is 397 g/mol. The Hall–Kier alpha value is -1.35. The first-order valence-electron chi connectivity index (χ1n) is 9.01. The Balaban J connectivity index is 0.00000210. The molecule has 0 aliphatic heterocycles. The zero-order valence-electron chi connectivity index (χ0n) is 15.7. The van der Waals surface area contributed by atoms with Crippen LogP contribution in [0.4, 0.5) is 10.5 Å². The number of fused-ring (bicyclic) bond motifs is 2. The van der Waals surface area contributed by atoms with E-state index in [2.05, 4.69) is 21.2 Å². The number of anilines is 1. The molecule has 139 valence electrons. The second kappa shape index (κ2) is 7.95. The molecule has 0 atom stereocenters. The minimum Gasteiger partial charge on any atom is -0.307 e. The van der Waals surface area contributed by atoms with E-state index in [1.807, 2.05) is 6.92 Å². The third kappa shape index (κ3) is 3.94. The molecular formula is C18H22N4NaO3S. The topological polar surface area (TPSA) is 93.1 Å². The third-order valence-electron chi connectivity index (χ3n) is 5.15. The van der Waals surface area contributed by atoms with Crippen molar-refractivity contribution in [3.8, 4) is 0 Å². The zero-order valence-corrected chi connectivity index (χ0v) is 18.5. The SMILES string of the molecule is CCn1ccc(S(=O)(=O)NC(=O)Nc2c3c(cc4c2CCC4)CCC3)n1.[Na]. The molecule has 1 aromatic heterocycles. The molecule has 1 heterocycles. The van der Waals surface area contributed by atoms with Gasteiger partial charge in [-0.3, -0.25) is 4.68 Å². The predicted molar refractivity (Wildman–Crippen MR) is 103 cm³/mol. The summed E-state index contributed by atoms with van der Waals surface area (Å²) >= 11 is 0. The molecule has 2 aliphatic rings. The number of aromatic nitrogens is 2. The average Bonchev–Trinajstić information content (AvgIpc) is 3.33. The van der Waals surface area contributed by atoms with Crippen LogP contribution < -0.4 is 10.0 Å². The summed E-state index contributed by atoms with van der Waals surface area (Å²) in [6, 6.07) is 2.92. The summed E-state index contributed by atoms with van der Waals surface area (Å²) in [5.74, 6) is 0. The maximum absolute atomic E-state index is 12.4. The second-order valence-corrected chi connectivity index (χ2v) is 8.43. The molecule has 2 aliphatic carbocycles. The van der Waals surface area contributed by atoms with E-state index in [4.69, 9.17) is 0 Å². The molecule has 2 aromatic rings. The van der Waals surface area contributed by atoms with Gasteiger partial charge in [-0.25, -0.2) is 9.52 Å². The number of hydrogen-bond donors (Lipinski definition) is 2. The Bertz CT molecular complexity index is 952. The Labute approximate surface area is 181 Å². The fourth-order valence-electron chi connectivity index (χ4n) is 3.94. The maximum Gasteiger partial charge on any atom is 0.333 e. The molecule has 9 heteroatoms. The predicted octanol–water partition coefficient (Wildman–Crippen LogP) is 2.01. The van der Waals surface area contributed by atoms with Gasteiger partial charge >= 0.3 is 6.03 Å². The van der Waals surface area contributed by atoms with Crippen LogP contribution in [-0.4, -0.2) is 53.8 Å². The van der Waals surface area contributed by atoms with Crippen molar-refractivity contribution >= 4 is 51.3 Å². The normalized spacial score (nSPS) is 15.0. The molecule has 4 rings (SSSR count). The van der Waals surface area contributed by atoms with Crippen molar-refractivity contribution in [2.24, 2.45) is 0 Å². The van der Waals surface area contributed by atoms with Crippen LogP contribution in [0.1, 0.15) is 42.0 Å². The quantitative estimate of drug-likeness (QED) is 0.772. The summed E-state index contributed by atoms with van der Waals surface area (Å²) in [6.07, 6.45) is 7.60. The van der Waals surface area contributed by atoms with E-state index in [-0.39, 0.29) is 34.6 Å². The van der Waals surface area contributed by atoms with Gasteiger partial charge in [0.25, 0.3) is 10.0 Å².